The minimum absolute atomic E-state index is 0.0720. The van der Waals surface area contributed by atoms with E-state index in [0.29, 0.717) is 17.7 Å². The molecule has 3 aliphatic heterocycles. The molecular formula is C58H84N2O18. The molecule has 3 heterocycles. The van der Waals surface area contributed by atoms with Crippen molar-refractivity contribution in [2.24, 2.45) is 23.5 Å². The van der Waals surface area contributed by atoms with Crippen molar-refractivity contribution < 1.29 is 89.2 Å². The summed E-state index contributed by atoms with van der Waals surface area (Å²) in [6.07, 6.45) is 6.31. The number of aliphatic carboxylic acids is 1. The number of benzene rings is 1. The van der Waals surface area contributed by atoms with Crippen molar-refractivity contribution in [3.8, 4) is 0 Å². The fourth-order valence-electron chi connectivity index (χ4n) is 9.84. The smallest absolute Gasteiger partial charge is 0.313 e. The molecule has 2 saturated heterocycles. The molecule has 13 unspecified atom stereocenters. The molecule has 0 amide bonds. The number of hydrogen-bond donors (Lipinski definition) is 12. The maximum Gasteiger partial charge on any atom is 0.313 e. The molecule has 20 heteroatoms. The van der Waals surface area contributed by atoms with Gasteiger partial charge in [-0.2, -0.15) is 0 Å². The second kappa shape index (κ2) is 32.9. The van der Waals surface area contributed by atoms with Crippen LogP contribution in [0.1, 0.15) is 115 Å². The Morgan fingerprint density at radius 2 is 1.32 bits per heavy atom. The van der Waals surface area contributed by atoms with Gasteiger partial charge >= 0.3 is 11.9 Å². The number of carboxylic acids is 1. The Balaban J connectivity index is 1.52. The summed E-state index contributed by atoms with van der Waals surface area (Å²) < 4.78 is 23.7. The molecule has 0 saturated carbocycles. The van der Waals surface area contributed by atoms with Gasteiger partial charge < -0.3 is 81.5 Å². The summed E-state index contributed by atoms with van der Waals surface area (Å²) in [7, 11) is 0. The quantitative estimate of drug-likeness (QED) is 0.0692. The molecule has 20 nitrogen and oxygen atoms in total. The van der Waals surface area contributed by atoms with Crippen molar-refractivity contribution in [2.75, 3.05) is 5.73 Å². The van der Waals surface area contributed by atoms with Crippen molar-refractivity contribution in [2.45, 2.75) is 196 Å². The number of carbonyl (C=O) groups is 4. The Labute approximate surface area is 456 Å². The van der Waals surface area contributed by atoms with E-state index in [1.807, 2.05) is 19.9 Å². The molecule has 1 aromatic rings. The number of rotatable bonds is 10. The lowest BCUT2D eigenvalue weighted by atomic mass is 9.82. The van der Waals surface area contributed by atoms with E-state index in [2.05, 4.69) is 0 Å². The summed E-state index contributed by atoms with van der Waals surface area (Å²) in [4.78, 5) is 51.6. The summed E-state index contributed by atoms with van der Waals surface area (Å²) in [6, 6.07) is 5.26. The van der Waals surface area contributed by atoms with Gasteiger partial charge in [-0.05, 0) is 82.1 Å². The molecule has 14 N–H and O–H groups in total. The number of cyclic esters (lactones) is 1. The normalized spacial score (nSPS) is 37.8. The first kappa shape index (κ1) is 65.5. The van der Waals surface area contributed by atoms with E-state index < -0.39 is 141 Å². The lowest BCUT2D eigenvalue weighted by Gasteiger charge is -2.45. The number of ether oxygens (including phenoxy) is 4. The molecule has 0 aliphatic carbocycles. The topological polar surface area (TPSA) is 360 Å². The average Bonchev–Trinajstić information content (AvgIpc) is 3.41. The van der Waals surface area contributed by atoms with Crippen LogP contribution in [0.15, 0.2) is 109 Å². The third-order valence-electron chi connectivity index (χ3n) is 14.1. The molecule has 3 aliphatic rings. The Kier molecular flexibility index (Phi) is 27.6. The van der Waals surface area contributed by atoms with Crippen molar-refractivity contribution >= 4 is 29.2 Å². The van der Waals surface area contributed by atoms with Crippen molar-refractivity contribution in [3.05, 3.63) is 115 Å². The van der Waals surface area contributed by atoms with Gasteiger partial charge in [0.25, 0.3) is 0 Å². The summed E-state index contributed by atoms with van der Waals surface area (Å²) in [5, 5.41) is 108. The van der Waals surface area contributed by atoms with Gasteiger partial charge in [0.05, 0.1) is 67.1 Å². The number of anilines is 1. The standard InChI is InChI=1S/C58H84N2O18/c1-35-17-14-12-10-8-6-4-5-7-9-11-13-15-20-46(76-57-54(71)52(60)53(70)37(3)75-57)32-49-51(56(72)73)48(68)34-58(74,78-49)33-45(66)28-41(62)19-16-18-40(61)27-43(64)29-44(65)31-50(69)77-55(35)36(2)21-26-42(63)30-47(67)38-22-24-39(59)25-23-38/h4-15,17,20,22-25,35-37,40-43,45-46,48-49,51-55,57,61-64,66,68,70-71,74H,16,18-19,21,26-34,59-60H2,1-3H3,(H,72,73)/b5-4+,8-6+,9-7+,12-10+,13-11+,17-14-,20-15+/t35?,36?,37-,40?,41?,42?,43?,45?,46?,48?,49?,51?,52+,53-,54+,55?,57+,58?/m1/s1. The SMILES string of the molecule is CC1\C=C/C=C/C=C/C=C/C=C/C=C/C=C/C(O[C@@H]2O[C@H](C)[C@@H](O)[C@H](N)[C@@H]2O)CC2OC(O)(CC(O)CC(O)CCCC(O)CC(O)CC(=O)CC(=O)OC1C(C)CCC(O)CC(=O)c1ccc(N)cc1)CC(O)C2C(=O)O. The highest BCUT2D eigenvalue weighted by Crippen LogP contribution is 2.38. The first-order valence-electron chi connectivity index (χ1n) is 26.9. The number of carboxylic acid groups (broad SMARTS) is 1. The maximum absolute atomic E-state index is 13.3. The Bertz CT molecular complexity index is 2250. The van der Waals surface area contributed by atoms with Gasteiger partial charge in [0, 0.05) is 49.3 Å². The third-order valence-corrected chi connectivity index (χ3v) is 14.1. The monoisotopic (exact) mass is 1100 g/mol. The predicted molar refractivity (Wildman–Crippen MR) is 289 cm³/mol. The lowest BCUT2D eigenvalue weighted by molar-refractivity contribution is -0.308. The number of allylic oxidation sites excluding steroid dienone is 12. The van der Waals surface area contributed by atoms with Gasteiger partial charge in [-0.15, -0.1) is 0 Å². The molecule has 0 spiro atoms. The largest absolute Gasteiger partial charge is 0.481 e. The molecular weight excluding hydrogens is 1010 g/mol. The van der Waals surface area contributed by atoms with E-state index in [4.69, 9.17) is 30.4 Å². The fraction of sp³-hybridized carbons (Fsp3) is 0.586. The Morgan fingerprint density at radius 1 is 0.756 bits per heavy atom. The predicted octanol–water partition coefficient (Wildman–Crippen LogP) is 3.32. The molecule has 78 heavy (non-hydrogen) atoms. The second-order valence-corrected chi connectivity index (χ2v) is 21.0. The van der Waals surface area contributed by atoms with Crippen LogP contribution in [0.3, 0.4) is 0 Å². The number of esters is 1. The van der Waals surface area contributed by atoms with E-state index in [0.717, 1.165) is 0 Å². The lowest BCUT2D eigenvalue weighted by Crippen LogP contribution is -2.61. The van der Waals surface area contributed by atoms with Crippen LogP contribution >= 0.6 is 0 Å². The van der Waals surface area contributed by atoms with Crippen LogP contribution < -0.4 is 11.5 Å². The van der Waals surface area contributed by atoms with Crippen molar-refractivity contribution in [3.63, 3.8) is 0 Å². The van der Waals surface area contributed by atoms with E-state index in [-0.39, 0.29) is 69.0 Å². The van der Waals surface area contributed by atoms with Crippen LogP contribution in [-0.4, -0.2) is 166 Å². The van der Waals surface area contributed by atoms with Crippen LogP contribution in [0.4, 0.5) is 5.69 Å². The molecule has 434 valence electrons. The number of nitrogens with two attached hydrogens (primary N) is 2. The number of Topliss-reactive ketones (excluding diaryl/α,β-unsaturated/α-hetero) is 2. The molecule has 2 bridgehead atoms. The number of aliphatic hydroxyl groups is 9. The zero-order chi connectivity index (χ0) is 57.5. The highest BCUT2D eigenvalue weighted by Gasteiger charge is 2.51. The highest BCUT2D eigenvalue weighted by molar-refractivity contribution is 5.96. The Hall–Kier alpha value is -5.04. The molecule has 1 aromatic carbocycles. The van der Waals surface area contributed by atoms with Gasteiger partial charge in [-0.3, -0.25) is 19.2 Å². The van der Waals surface area contributed by atoms with E-state index >= 15 is 0 Å². The fourth-order valence-corrected chi connectivity index (χ4v) is 9.84. The van der Waals surface area contributed by atoms with Crippen LogP contribution in [-0.2, 0) is 33.3 Å². The number of aliphatic hydroxyl groups excluding tert-OH is 8. The molecule has 4 rings (SSSR count). The van der Waals surface area contributed by atoms with Gasteiger partial charge in [0.1, 0.15) is 30.3 Å². The number of nitrogen functional groups attached to an aromatic ring is 1. The number of fused-ring (bicyclic) bond motifs is 2. The van der Waals surface area contributed by atoms with Gasteiger partial charge in [-0.1, -0.05) is 98.9 Å². The minimum atomic E-state index is -2.27. The number of ketones is 2. The highest BCUT2D eigenvalue weighted by atomic mass is 16.7. The Morgan fingerprint density at radius 3 is 1.91 bits per heavy atom. The van der Waals surface area contributed by atoms with E-state index in [1.165, 1.54) is 13.0 Å². The van der Waals surface area contributed by atoms with Crippen LogP contribution in [0.5, 0.6) is 0 Å². The third kappa shape index (κ3) is 22.6. The van der Waals surface area contributed by atoms with E-state index in [1.54, 1.807) is 97.2 Å². The van der Waals surface area contributed by atoms with Crippen LogP contribution in [0.25, 0.3) is 0 Å². The van der Waals surface area contributed by atoms with Gasteiger partial charge in [0.15, 0.2) is 17.9 Å². The van der Waals surface area contributed by atoms with Crippen LogP contribution in [0, 0.1) is 17.8 Å². The zero-order valence-electron chi connectivity index (χ0n) is 44.8. The summed E-state index contributed by atoms with van der Waals surface area (Å²) in [5.74, 6) is -7.63. The maximum atomic E-state index is 13.3. The van der Waals surface area contributed by atoms with Crippen molar-refractivity contribution in [1.82, 2.24) is 0 Å². The molecule has 18 atom stereocenters. The van der Waals surface area contributed by atoms with Gasteiger partial charge in [-0.25, -0.2) is 0 Å². The molecule has 0 aromatic heterocycles. The van der Waals surface area contributed by atoms with Gasteiger partial charge in [0.2, 0.25) is 0 Å². The molecule has 2 fully saturated rings. The number of hydrogen-bond acceptors (Lipinski definition) is 19. The second-order valence-electron chi connectivity index (χ2n) is 21.0. The first-order valence-corrected chi connectivity index (χ1v) is 26.9. The average molecular weight is 1100 g/mol. The summed E-state index contributed by atoms with van der Waals surface area (Å²) in [5.41, 5.74) is 12.7. The first-order chi connectivity index (χ1) is 36.9. The summed E-state index contributed by atoms with van der Waals surface area (Å²) in [6.45, 7) is 5.23. The van der Waals surface area contributed by atoms with E-state index in [9.17, 15) is 70.2 Å². The minimum Gasteiger partial charge on any atom is -0.481 e. The molecule has 0 radical (unpaired) electrons. The zero-order valence-corrected chi connectivity index (χ0v) is 44.8. The van der Waals surface area contributed by atoms with Crippen LogP contribution in [0.2, 0.25) is 0 Å². The van der Waals surface area contributed by atoms with Crippen molar-refractivity contribution in [1.29, 1.82) is 0 Å². The summed E-state index contributed by atoms with van der Waals surface area (Å²) >= 11 is 0. The number of carbonyl (C=O) groups excluding carboxylic acids is 3.